The quantitative estimate of drug-likeness (QED) is 0.694. The van der Waals surface area contributed by atoms with Crippen molar-refractivity contribution in [2.24, 2.45) is 0 Å². The fourth-order valence-electron chi connectivity index (χ4n) is 2.27. The topological polar surface area (TPSA) is 106 Å². The molecule has 0 spiro atoms. The highest BCUT2D eigenvalue weighted by Gasteiger charge is 2.15. The Labute approximate surface area is 159 Å². The van der Waals surface area contributed by atoms with E-state index in [0.717, 1.165) is 0 Å². The largest absolute Gasteiger partial charge is 0.495 e. The van der Waals surface area contributed by atoms with Gasteiger partial charge in [0.05, 0.1) is 23.9 Å². The molecular formula is C18H15ClN4O4. The number of amides is 2. The number of pyridine rings is 1. The van der Waals surface area contributed by atoms with Crippen LogP contribution in [0.1, 0.15) is 26.5 Å². The Morgan fingerprint density at radius 2 is 1.78 bits per heavy atom. The summed E-state index contributed by atoms with van der Waals surface area (Å²) in [5, 5.41) is 9.39. The molecule has 0 radical (unpaired) electrons. The van der Waals surface area contributed by atoms with E-state index >= 15 is 0 Å². The fraction of sp³-hybridized carbons (Fsp3) is 0.111. The van der Waals surface area contributed by atoms with E-state index in [0.29, 0.717) is 22.2 Å². The lowest BCUT2D eigenvalue weighted by atomic mass is 10.1. The minimum atomic E-state index is -0.467. The fourth-order valence-corrected chi connectivity index (χ4v) is 2.45. The molecule has 0 atom stereocenters. The number of benzene rings is 1. The smallest absolute Gasteiger partial charge is 0.258 e. The lowest BCUT2D eigenvalue weighted by Crippen LogP contribution is -2.16. The van der Waals surface area contributed by atoms with E-state index in [2.05, 4.69) is 20.8 Å². The minimum absolute atomic E-state index is 0.195. The van der Waals surface area contributed by atoms with Crippen LogP contribution in [-0.4, -0.2) is 29.1 Å². The number of aryl methyl sites for hydroxylation is 1. The third kappa shape index (κ3) is 4.42. The Morgan fingerprint density at radius 1 is 1.07 bits per heavy atom. The van der Waals surface area contributed by atoms with Crippen LogP contribution in [0, 0.1) is 6.92 Å². The zero-order valence-electron chi connectivity index (χ0n) is 14.4. The number of anilines is 2. The average molecular weight is 387 g/mol. The Kier molecular flexibility index (Phi) is 5.37. The maximum atomic E-state index is 12.5. The molecule has 0 bridgehead atoms. The maximum Gasteiger partial charge on any atom is 0.258 e. The molecule has 0 fully saturated rings. The van der Waals surface area contributed by atoms with Crippen molar-refractivity contribution in [3.8, 4) is 5.75 Å². The number of nitrogens with one attached hydrogen (secondary N) is 2. The van der Waals surface area contributed by atoms with Crippen molar-refractivity contribution >= 4 is 34.9 Å². The summed E-state index contributed by atoms with van der Waals surface area (Å²) in [6.07, 6.45) is 2.70. The second-order valence-electron chi connectivity index (χ2n) is 5.54. The number of hydrogen-bond acceptors (Lipinski definition) is 6. The summed E-state index contributed by atoms with van der Waals surface area (Å²) in [4.78, 5) is 28.8. The molecule has 2 heterocycles. The third-order valence-electron chi connectivity index (χ3n) is 3.54. The number of methoxy groups -OCH3 is 1. The van der Waals surface area contributed by atoms with Gasteiger partial charge in [0, 0.05) is 23.5 Å². The molecule has 8 nitrogen and oxygen atoms in total. The van der Waals surface area contributed by atoms with Gasteiger partial charge in [0.25, 0.3) is 11.8 Å². The molecule has 2 amide bonds. The van der Waals surface area contributed by atoms with Crippen molar-refractivity contribution < 1.29 is 18.8 Å². The van der Waals surface area contributed by atoms with E-state index in [1.54, 1.807) is 31.2 Å². The predicted octanol–water partition coefficient (Wildman–Crippen LogP) is 3.54. The van der Waals surface area contributed by atoms with Crippen LogP contribution in [0.3, 0.4) is 0 Å². The lowest BCUT2D eigenvalue weighted by molar-refractivity contribution is 0.102. The van der Waals surface area contributed by atoms with Gasteiger partial charge in [0.1, 0.15) is 11.5 Å². The van der Waals surface area contributed by atoms with Gasteiger partial charge in [-0.3, -0.25) is 14.6 Å². The highest BCUT2D eigenvalue weighted by Crippen LogP contribution is 2.28. The van der Waals surface area contributed by atoms with Gasteiger partial charge in [-0.1, -0.05) is 16.8 Å². The average Bonchev–Trinajstić information content (AvgIpc) is 3.06. The summed E-state index contributed by atoms with van der Waals surface area (Å²) in [6, 6.07) is 7.85. The van der Waals surface area contributed by atoms with Gasteiger partial charge >= 0.3 is 0 Å². The van der Waals surface area contributed by atoms with Crippen LogP contribution >= 0.6 is 11.6 Å². The van der Waals surface area contributed by atoms with Crippen molar-refractivity contribution in [3.05, 3.63) is 64.6 Å². The number of nitrogens with zero attached hydrogens (tertiary/aromatic N) is 2. The van der Waals surface area contributed by atoms with Crippen LogP contribution in [0.5, 0.6) is 5.75 Å². The molecular weight excluding hydrogens is 372 g/mol. The molecule has 138 valence electrons. The summed E-state index contributed by atoms with van der Waals surface area (Å²) in [7, 11) is 1.48. The van der Waals surface area contributed by atoms with Crippen molar-refractivity contribution in [1.29, 1.82) is 0 Å². The number of aromatic nitrogens is 2. The van der Waals surface area contributed by atoms with Gasteiger partial charge in [-0.2, -0.15) is 0 Å². The van der Waals surface area contributed by atoms with E-state index in [4.69, 9.17) is 20.9 Å². The van der Waals surface area contributed by atoms with Gasteiger partial charge in [-0.25, -0.2) is 0 Å². The number of hydrogen-bond donors (Lipinski definition) is 2. The monoisotopic (exact) mass is 386 g/mol. The van der Waals surface area contributed by atoms with Gasteiger partial charge < -0.3 is 19.9 Å². The van der Waals surface area contributed by atoms with E-state index < -0.39 is 11.8 Å². The van der Waals surface area contributed by atoms with E-state index in [1.807, 2.05) is 0 Å². The van der Waals surface area contributed by atoms with Gasteiger partial charge in [0.2, 0.25) is 0 Å². The molecule has 0 aliphatic carbocycles. The van der Waals surface area contributed by atoms with E-state index in [1.165, 1.54) is 25.6 Å². The van der Waals surface area contributed by atoms with Crippen LogP contribution in [0.2, 0.25) is 5.02 Å². The molecule has 0 aliphatic rings. The van der Waals surface area contributed by atoms with Crippen LogP contribution in [0.4, 0.5) is 11.5 Å². The molecule has 9 heteroatoms. The third-order valence-corrected chi connectivity index (χ3v) is 3.78. The molecule has 0 aliphatic heterocycles. The summed E-state index contributed by atoms with van der Waals surface area (Å²) in [5.41, 5.74) is 0.797. The molecule has 0 saturated heterocycles. The van der Waals surface area contributed by atoms with Gasteiger partial charge in [0.15, 0.2) is 5.82 Å². The molecule has 0 saturated carbocycles. The molecule has 3 aromatic rings. The first-order valence-corrected chi connectivity index (χ1v) is 8.18. The van der Waals surface area contributed by atoms with Crippen molar-refractivity contribution in [3.63, 3.8) is 0 Å². The summed E-state index contributed by atoms with van der Waals surface area (Å²) in [5.74, 6) is 0.361. The number of ether oxygens (including phenoxy) is 1. The first-order chi connectivity index (χ1) is 13.0. The van der Waals surface area contributed by atoms with Crippen molar-refractivity contribution in [2.75, 3.05) is 17.7 Å². The number of carbonyl (C=O) groups is 2. The molecule has 0 unspecified atom stereocenters. The highest BCUT2D eigenvalue weighted by atomic mass is 35.5. The van der Waals surface area contributed by atoms with Crippen molar-refractivity contribution in [1.82, 2.24) is 10.1 Å². The highest BCUT2D eigenvalue weighted by molar-refractivity contribution is 6.31. The standard InChI is InChI=1S/C18H15ClN4O4/c1-10-5-16(23-27-10)22-18(25)12-6-11(8-20-9-12)17(24)21-14-7-13(19)3-4-15(14)26-2/h3-9H,1-2H3,(H,21,24)(H,22,23,25). The van der Waals surface area contributed by atoms with E-state index in [-0.39, 0.29) is 16.9 Å². The summed E-state index contributed by atoms with van der Waals surface area (Å²) >= 11 is 5.96. The minimum Gasteiger partial charge on any atom is -0.495 e. The number of halogens is 1. The second kappa shape index (κ2) is 7.88. The Hall–Kier alpha value is -3.39. The number of rotatable bonds is 5. The predicted molar refractivity (Wildman–Crippen MR) is 99.4 cm³/mol. The van der Waals surface area contributed by atoms with Gasteiger partial charge in [-0.05, 0) is 31.2 Å². The molecule has 2 N–H and O–H groups in total. The second-order valence-corrected chi connectivity index (χ2v) is 5.97. The number of carbonyl (C=O) groups excluding carboxylic acids is 2. The van der Waals surface area contributed by atoms with Crippen LogP contribution in [0.25, 0.3) is 0 Å². The summed E-state index contributed by atoms with van der Waals surface area (Å²) < 4.78 is 10.1. The first kappa shape index (κ1) is 18.4. The Balaban J connectivity index is 1.77. The normalized spacial score (nSPS) is 10.3. The van der Waals surface area contributed by atoms with Gasteiger partial charge in [-0.15, -0.1) is 0 Å². The van der Waals surface area contributed by atoms with Crippen LogP contribution < -0.4 is 15.4 Å². The molecule has 3 rings (SSSR count). The van der Waals surface area contributed by atoms with E-state index in [9.17, 15) is 9.59 Å². The zero-order chi connectivity index (χ0) is 19.4. The zero-order valence-corrected chi connectivity index (χ0v) is 15.2. The first-order valence-electron chi connectivity index (χ1n) is 7.81. The van der Waals surface area contributed by atoms with Crippen LogP contribution in [0.15, 0.2) is 47.2 Å². The molecule has 27 heavy (non-hydrogen) atoms. The maximum absolute atomic E-state index is 12.5. The molecule has 2 aromatic heterocycles. The summed E-state index contributed by atoms with van der Waals surface area (Å²) in [6.45, 7) is 1.71. The Morgan fingerprint density at radius 3 is 2.41 bits per heavy atom. The van der Waals surface area contributed by atoms with Crippen molar-refractivity contribution in [2.45, 2.75) is 6.92 Å². The SMILES string of the molecule is COc1ccc(Cl)cc1NC(=O)c1cncc(C(=O)Nc2cc(C)on2)c1. The van der Waals surface area contributed by atoms with Crippen LogP contribution in [-0.2, 0) is 0 Å². The Bertz CT molecular complexity index is 1000. The molecule has 1 aromatic carbocycles. The lowest BCUT2D eigenvalue weighted by Gasteiger charge is -2.11.